The van der Waals surface area contributed by atoms with Gasteiger partial charge in [0.25, 0.3) is 5.91 Å². The van der Waals surface area contributed by atoms with Crippen molar-refractivity contribution in [3.63, 3.8) is 0 Å². The van der Waals surface area contributed by atoms with Gasteiger partial charge in [-0.05, 0) is 35.9 Å². The number of para-hydroxylation sites is 1. The molecule has 0 fully saturated rings. The van der Waals surface area contributed by atoms with Gasteiger partial charge in [-0.3, -0.25) is 14.5 Å². The average Bonchev–Trinajstić information content (AvgIpc) is 2.98. The number of amidine groups is 1. The minimum Gasteiger partial charge on any atom is -0.468 e. The van der Waals surface area contributed by atoms with Crippen LogP contribution in [0.5, 0.6) is 0 Å². The van der Waals surface area contributed by atoms with Crippen molar-refractivity contribution in [3.8, 4) is 0 Å². The number of benzene rings is 2. The van der Waals surface area contributed by atoms with Crippen LogP contribution in [0, 0.1) is 5.82 Å². The fourth-order valence-corrected chi connectivity index (χ4v) is 3.53. The highest BCUT2D eigenvalue weighted by Gasteiger charge is 2.33. The van der Waals surface area contributed by atoms with Gasteiger partial charge in [-0.15, -0.1) is 0 Å². The first kappa shape index (κ1) is 20.4. The van der Waals surface area contributed by atoms with Gasteiger partial charge in [0.2, 0.25) is 0 Å². The lowest BCUT2D eigenvalue weighted by Gasteiger charge is -2.18. The Morgan fingerprint density at radius 3 is 2.68 bits per heavy atom. The van der Waals surface area contributed by atoms with Crippen molar-refractivity contribution < 1.29 is 18.7 Å². The van der Waals surface area contributed by atoms with Crippen LogP contribution in [0.4, 0.5) is 10.1 Å². The molecule has 1 aliphatic rings. The fraction of sp³-hybridized carbons (Fsp3) is 0.105. The number of hydrogen-bond donors (Lipinski definition) is 0. The molecular weight excluding hydrogens is 426 g/mol. The molecule has 28 heavy (non-hydrogen) atoms. The van der Waals surface area contributed by atoms with Gasteiger partial charge in [-0.1, -0.05) is 53.2 Å². The van der Waals surface area contributed by atoms with E-state index in [4.69, 9.17) is 23.2 Å². The van der Waals surface area contributed by atoms with E-state index >= 15 is 0 Å². The first-order valence-corrected chi connectivity index (χ1v) is 9.69. The molecule has 1 heterocycles. The molecule has 5 nitrogen and oxygen atoms in total. The van der Waals surface area contributed by atoms with E-state index in [1.54, 1.807) is 24.3 Å². The number of carbonyl (C=O) groups excluding carboxylic acids is 2. The predicted molar refractivity (Wildman–Crippen MR) is 110 cm³/mol. The molecule has 144 valence electrons. The summed E-state index contributed by atoms with van der Waals surface area (Å²) in [6.45, 7) is 0. The number of nitrogens with zero attached hydrogens (tertiary/aromatic N) is 2. The maximum atomic E-state index is 14.3. The van der Waals surface area contributed by atoms with Crippen molar-refractivity contribution >= 4 is 63.8 Å². The largest absolute Gasteiger partial charge is 0.468 e. The Morgan fingerprint density at radius 1 is 1.25 bits per heavy atom. The Labute approximate surface area is 174 Å². The molecule has 0 saturated heterocycles. The van der Waals surface area contributed by atoms with Crippen molar-refractivity contribution in [2.45, 2.75) is 0 Å². The predicted octanol–water partition coefficient (Wildman–Crippen LogP) is 4.78. The average molecular weight is 439 g/mol. The molecule has 0 unspecified atom stereocenters. The molecule has 0 N–H and O–H groups in total. The number of esters is 1. The summed E-state index contributed by atoms with van der Waals surface area (Å²) in [7, 11) is 1.26. The first-order chi connectivity index (χ1) is 13.4. The summed E-state index contributed by atoms with van der Waals surface area (Å²) in [5.74, 6) is -1.68. The molecule has 1 aliphatic heterocycles. The summed E-state index contributed by atoms with van der Waals surface area (Å²) in [6, 6.07) is 10.7. The second-order valence-electron chi connectivity index (χ2n) is 5.55. The number of anilines is 1. The number of methoxy groups -OCH3 is 1. The van der Waals surface area contributed by atoms with Gasteiger partial charge in [-0.2, -0.15) is 0 Å². The number of hydrogen-bond acceptors (Lipinski definition) is 5. The topological polar surface area (TPSA) is 59.0 Å². The third-order valence-corrected chi connectivity index (χ3v) is 5.37. The maximum absolute atomic E-state index is 14.3. The van der Waals surface area contributed by atoms with E-state index in [1.807, 2.05) is 0 Å². The van der Waals surface area contributed by atoms with Crippen molar-refractivity contribution in [3.05, 3.63) is 69.6 Å². The molecule has 0 spiro atoms. The van der Waals surface area contributed by atoms with Crippen molar-refractivity contribution in [1.29, 1.82) is 0 Å². The zero-order valence-corrected chi connectivity index (χ0v) is 16.8. The van der Waals surface area contributed by atoms with Gasteiger partial charge in [0, 0.05) is 0 Å². The van der Waals surface area contributed by atoms with Crippen LogP contribution >= 0.6 is 35.0 Å². The maximum Gasteiger partial charge on any atom is 0.316 e. The van der Waals surface area contributed by atoms with Gasteiger partial charge in [0.15, 0.2) is 5.17 Å². The second-order valence-corrected chi connectivity index (χ2v) is 7.31. The van der Waals surface area contributed by atoms with Crippen LogP contribution in [-0.2, 0) is 14.3 Å². The monoisotopic (exact) mass is 438 g/mol. The van der Waals surface area contributed by atoms with Crippen LogP contribution in [-0.4, -0.2) is 29.9 Å². The van der Waals surface area contributed by atoms with Crippen LogP contribution in [0.25, 0.3) is 6.08 Å². The molecule has 0 bridgehead atoms. The Kier molecular flexibility index (Phi) is 6.39. The minimum absolute atomic E-state index is 0.0427. The Balaban J connectivity index is 2.00. The summed E-state index contributed by atoms with van der Waals surface area (Å²) < 4.78 is 18.9. The van der Waals surface area contributed by atoms with E-state index in [1.165, 1.54) is 31.4 Å². The summed E-state index contributed by atoms with van der Waals surface area (Å²) in [4.78, 5) is 29.8. The van der Waals surface area contributed by atoms with Gasteiger partial charge in [0.05, 0.1) is 28.6 Å². The Morgan fingerprint density at radius 2 is 2.00 bits per heavy atom. The molecule has 0 aromatic heterocycles. The molecule has 9 heteroatoms. The summed E-state index contributed by atoms with van der Waals surface area (Å²) in [5, 5.41) is 0.885. The highest BCUT2D eigenvalue weighted by Crippen LogP contribution is 2.32. The standard InChI is InChI=1S/C19H13Cl2FN2O3S/c1-27-17(25)10-28-19-23-15(9-11-6-7-12(20)13(21)8-11)18(26)24(19)16-5-3-2-4-14(16)22/h2-9H,10H2,1H3/b15-9-. The number of amides is 1. The third kappa shape index (κ3) is 4.38. The van der Waals surface area contributed by atoms with Gasteiger partial charge in [0.1, 0.15) is 11.5 Å². The van der Waals surface area contributed by atoms with E-state index in [2.05, 4.69) is 9.73 Å². The van der Waals surface area contributed by atoms with E-state index in [0.29, 0.717) is 15.6 Å². The third-order valence-electron chi connectivity index (χ3n) is 3.72. The summed E-state index contributed by atoms with van der Waals surface area (Å²) in [6.07, 6.45) is 1.52. The molecule has 2 aromatic rings. The van der Waals surface area contributed by atoms with Crippen LogP contribution in [0.2, 0.25) is 10.0 Å². The van der Waals surface area contributed by atoms with Gasteiger partial charge < -0.3 is 4.74 Å². The molecule has 0 aliphatic carbocycles. The molecule has 1 amide bonds. The lowest BCUT2D eigenvalue weighted by atomic mass is 10.2. The quantitative estimate of drug-likeness (QED) is 0.508. The number of ether oxygens (including phenoxy) is 1. The second kappa shape index (κ2) is 8.77. The first-order valence-electron chi connectivity index (χ1n) is 7.94. The van der Waals surface area contributed by atoms with Crippen LogP contribution in [0.3, 0.4) is 0 Å². The lowest BCUT2D eigenvalue weighted by Crippen LogP contribution is -2.31. The molecule has 0 saturated carbocycles. The molecule has 2 aromatic carbocycles. The number of halogens is 3. The number of carbonyl (C=O) groups is 2. The number of rotatable bonds is 4. The zero-order valence-electron chi connectivity index (χ0n) is 14.5. The van der Waals surface area contributed by atoms with Crippen molar-refractivity contribution in [1.82, 2.24) is 0 Å². The number of thioether (sulfide) groups is 1. The molecule has 3 rings (SSSR count). The Bertz CT molecular complexity index is 1010. The number of aliphatic imine (C=N–C) groups is 1. The molecular formula is C19H13Cl2FN2O3S. The van der Waals surface area contributed by atoms with E-state index in [9.17, 15) is 14.0 Å². The summed E-state index contributed by atoms with van der Waals surface area (Å²) >= 11 is 12.9. The zero-order chi connectivity index (χ0) is 20.3. The molecule has 0 atom stereocenters. The van der Waals surface area contributed by atoms with Crippen LogP contribution < -0.4 is 4.90 Å². The van der Waals surface area contributed by atoms with Crippen molar-refractivity contribution in [2.75, 3.05) is 17.8 Å². The molecule has 0 radical (unpaired) electrons. The fourth-order valence-electron chi connectivity index (χ4n) is 2.38. The SMILES string of the molecule is COC(=O)CSC1=N/C(=C\c2ccc(Cl)c(Cl)c2)C(=O)N1c1ccccc1F. The highest BCUT2D eigenvalue weighted by atomic mass is 35.5. The Hall–Kier alpha value is -2.35. The van der Waals surface area contributed by atoms with Gasteiger partial charge >= 0.3 is 5.97 Å². The summed E-state index contributed by atoms with van der Waals surface area (Å²) in [5.41, 5.74) is 0.726. The van der Waals surface area contributed by atoms with Crippen LogP contribution in [0.15, 0.2) is 53.2 Å². The van der Waals surface area contributed by atoms with E-state index in [0.717, 1.165) is 16.7 Å². The smallest absolute Gasteiger partial charge is 0.316 e. The van der Waals surface area contributed by atoms with Crippen LogP contribution in [0.1, 0.15) is 5.56 Å². The normalized spacial score (nSPS) is 15.1. The van der Waals surface area contributed by atoms with E-state index < -0.39 is 17.7 Å². The highest BCUT2D eigenvalue weighted by molar-refractivity contribution is 8.14. The van der Waals surface area contributed by atoms with Crippen molar-refractivity contribution in [2.24, 2.45) is 4.99 Å². The lowest BCUT2D eigenvalue weighted by molar-refractivity contribution is -0.137. The minimum atomic E-state index is -0.585. The van der Waals surface area contributed by atoms with E-state index in [-0.39, 0.29) is 22.3 Å². The van der Waals surface area contributed by atoms with Gasteiger partial charge in [-0.25, -0.2) is 9.38 Å².